The number of ether oxygens (including phenoxy) is 2. The summed E-state index contributed by atoms with van der Waals surface area (Å²) in [6.45, 7) is 3.11. The van der Waals surface area contributed by atoms with Gasteiger partial charge in [0.25, 0.3) is 0 Å². The number of anilines is 2. The summed E-state index contributed by atoms with van der Waals surface area (Å²) >= 11 is 0. The minimum atomic E-state index is -3.84. The zero-order chi connectivity index (χ0) is 22.3. The predicted octanol–water partition coefficient (Wildman–Crippen LogP) is 2.28. The topological polar surface area (TPSA) is 123 Å². The zero-order valence-corrected chi connectivity index (χ0v) is 18.1. The average molecular weight is 436 g/mol. The second kappa shape index (κ2) is 10.1. The number of hydrogen-bond acceptors (Lipinski definition) is 6. The minimum Gasteiger partial charge on any atom is -0.493 e. The fourth-order valence-electron chi connectivity index (χ4n) is 2.64. The fraction of sp³-hybridized carbons (Fsp3) is 0.300. The Morgan fingerprint density at radius 3 is 2.27 bits per heavy atom. The molecule has 9 nitrogen and oxygen atoms in total. The summed E-state index contributed by atoms with van der Waals surface area (Å²) in [7, 11) is -0.978. The van der Waals surface area contributed by atoms with Crippen LogP contribution in [0.3, 0.4) is 0 Å². The second-order valence-electron chi connectivity index (χ2n) is 6.44. The number of aryl methyl sites for hydroxylation is 1. The van der Waals surface area contributed by atoms with Gasteiger partial charge in [-0.2, -0.15) is 0 Å². The van der Waals surface area contributed by atoms with E-state index < -0.39 is 15.9 Å². The van der Waals surface area contributed by atoms with Gasteiger partial charge in [-0.1, -0.05) is 6.07 Å². The molecule has 3 N–H and O–H groups in total. The molecule has 0 unspecified atom stereocenters. The molecule has 0 atom stereocenters. The van der Waals surface area contributed by atoms with E-state index in [4.69, 9.17) is 9.47 Å². The molecule has 0 saturated heterocycles. The first-order valence-corrected chi connectivity index (χ1v) is 10.5. The first kappa shape index (κ1) is 23.2. The lowest BCUT2D eigenvalue weighted by Crippen LogP contribution is -2.28. The van der Waals surface area contributed by atoms with Gasteiger partial charge in [-0.15, -0.1) is 0 Å². The van der Waals surface area contributed by atoms with Crippen LogP contribution in [0.15, 0.2) is 41.3 Å². The lowest BCUT2D eigenvalue weighted by atomic mass is 10.2. The van der Waals surface area contributed by atoms with Gasteiger partial charge in [0.15, 0.2) is 11.5 Å². The van der Waals surface area contributed by atoms with Gasteiger partial charge in [0.2, 0.25) is 21.8 Å². The SMILES string of the molecule is COc1ccc(S(=O)(=O)NCCC(=O)Nc2cc(C)ccc2NC(C)=O)cc1OC. The summed E-state index contributed by atoms with van der Waals surface area (Å²) in [5.74, 6) is 0.0197. The number of amides is 2. The van der Waals surface area contributed by atoms with Crippen LogP contribution in [0, 0.1) is 6.92 Å². The van der Waals surface area contributed by atoms with Crippen LogP contribution in [-0.4, -0.2) is 41.0 Å². The highest BCUT2D eigenvalue weighted by atomic mass is 32.2. The number of benzene rings is 2. The minimum absolute atomic E-state index is 0.00723. The lowest BCUT2D eigenvalue weighted by Gasteiger charge is -2.13. The molecule has 0 aliphatic heterocycles. The molecule has 0 heterocycles. The van der Waals surface area contributed by atoms with Crippen molar-refractivity contribution in [2.75, 3.05) is 31.4 Å². The number of methoxy groups -OCH3 is 2. The maximum absolute atomic E-state index is 12.5. The quantitative estimate of drug-likeness (QED) is 0.555. The van der Waals surface area contributed by atoms with Crippen molar-refractivity contribution in [1.29, 1.82) is 0 Å². The molecule has 2 amide bonds. The molecule has 2 rings (SSSR count). The van der Waals surface area contributed by atoms with E-state index in [1.165, 1.54) is 39.3 Å². The van der Waals surface area contributed by atoms with Gasteiger partial charge in [-0.25, -0.2) is 13.1 Å². The van der Waals surface area contributed by atoms with Crippen molar-refractivity contribution in [1.82, 2.24) is 4.72 Å². The average Bonchev–Trinajstić information content (AvgIpc) is 2.69. The van der Waals surface area contributed by atoms with E-state index in [2.05, 4.69) is 15.4 Å². The van der Waals surface area contributed by atoms with Crippen molar-refractivity contribution < 1.29 is 27.5 Å². The van der Waals surface area contributed by atoms with E-state index in [0.29, 0.717) is 17.1 Å². The molecule has 30 heavy (non-hydrogen) atoms. The standard InChI is InChI=1S/C20H25N3O6S/c1-13-5-7-16(22-14(2)24)17(11-13)23-20(25)9-10-21-30(26,27)15-6-8-18(28-3)19(12-15)29-4/h5-8,11-12,21H,9-10H2,1-4H3,(H,22,24)(H,23,25). The Hall–Kier alpha value is -3.11. The molecular formula is C20H25N3O6S. The summed E-state index contributed by atoms with van der Waals surface area (Å²) in [5.41, 5.74) is 1.80. The van der Waals surface area contributed by atoms with E-state index in [0.717, 1.165) is 5.56 Å². The Morgan fingerprint density at radius 1 is 0.933 bits per heavy atom. The fourth-order valence-corrected chi connectivity index (χ4v) is 3.69. The summed E-state index contributed by atoms with van der Waals surface area (Å²) in [6, 6.07) is 9.42. The number of nitrogens with one attached hydrogen (secondary N) is 3. The highest BCUT2D eigenvalue weighted by Gasteiger charge is 2.17. The number of carbonyl (C=O) groups is 2. The summed E-state index contributed by atoms with van der Waals surface area (Å²) in [6.07, 6.45) is -0.0972. The third kappa shape index (κ3) is 6.19. The van der Waals surface area contributed by atoms with Gasteiger partial charge in [-0.3, -0.25) is 9.59 Å². The van der Waals surface area contributed by atoms with Gasteiger partial charge in [0.05, 0.1) is 30.5 Å². The lowest BCUT2D eigenvalue weighted by molar-refractivity contribution is -0.116. The van der Waals surface area contributed by atoms with Crippen LogP contribution in [0.5, 0.6) is 11.5 Å². The molecule has 0 radical (unpaired) electrons. The number of sulfonamides is 1. The number of hydrogen-bond donors (Lipinski definition) is 3. The van der Waals surface area contributed by atoms with Crippen LogP contribution in [0.2, 0.25) is 0 Å². The van der Waals surface area contributed by atoms with Crippen molar-refractivity contribution in [2.24, 2.45) is 0 Å². The molecule has 0 aromatic heterocycles. The maximum atomic E-state index is 12.5. The van der Waals surface area contributed by atoms with E-state index in [1.54, 1.807) is 18.2 Å². The van der Waals surface area contributed by atoms with Crippen LogP contribution in [0.1, 0.15) is 18.9 Å². The first-order valence-electron chi connectivity index (χ1n) is 9.06. The Labute approximate surface area is 175 Å². The van der Waals surface area contributed by atoms with Crippen LogP contribution in [0.25, 0.3) is 0 Å². The van der Waals surface area contributed by atoms with E-state index in [-0.39, 0.29) is 29.5 Å². The summed E-state index contributed by atoms with van der Waals surface area (Å²) in [5, 5.41) is 5.33. The highest BCUT2D eigenvalue weighted by Crippen LogP contribution is 2.29. The molecule has 2 aromatic rings. The van der Waals surface area contributed by atoms with Crippen molar-refractivity contribution in [3.8, 4) is 11.5 Å². The molecule has 0 spiro atoms. The molecule has 0 aliphatic rings. The smallest absolute Gasteiger partial charge is 0.240 e. The molecule has 0 aliphatic carbocycles. The van der Waals surface area contributed by atoms with Gasteiger partial charge in [0, 0.05) is 26.0 Å². The van der Waals surface area contributed by atoms with Gasteiger partial charge in [-0.05, 0) is 36.8 Å². The Balaban J connectivity index is 2.01. The summed E-state index contributed by atoms with van der Waals surface area (Å²) < 4.78 is 37.5. The molecule has 0 fully saturated rings. The Bertz CT molecular complexity index is 1040. The third-order valence-electron chi connectivity index (χ3n) is 4.07. The molecule has 0 saturated carbocycles. The molecule has 2 aromatic carbocycles. The Morgan fingerprint density at radius 2 is 1.63 bits per heavy atom. The first-order chi connectivity index (χ1) is 14.2. The maximum Gasteiger partial charge on any atom is 0.240 e. The van der Waals surface area contributed by atoms with Crippen LogP contribution in [-0.2, 0) is 19.6 Å². The van der Waals surface area contributed by atoms with E-state index in [9.17, 15) is 18.0 Å². The molecular weight excluding hydrogens is 410 g/mol. The van der Waals surface area contributed by atoms with Crippen molar-refractivity contribution in [3.05, 3.63) is 42.0 Å². The van der Waals surface area contributed by atoms with Crippen LogP contribution < -0.4 is 24.8 Å². The predicted molar refractivity (Wildman–Crippen MR) is 113 cm³/mol. The van der Waals surface area contributed by atoms with Gasteiger partial charge < -0.3 is 20.1 Å². The molecule has 10 heteroatoms. The highest BCUT2D eigenvalue weighted by molar-refractivity contribution is 7.89. The summed E-state index contributed by atoms with van der Waals surface area (Å²) in [4.78, 5) is 23.6. The van der Waals surface area contributed by atoms with Crippen LogP contribution in [0.4, 0.5) is 11.4 Å². The normalized spacial score (nSPS) is 10.9. The number of carbonyl (C=O) groups excluding carboxylic acids is 2. The van der Waals surface area contributed by atoms with Crippen LogP contribution >= 0.6 is 0 Å². The zero-order valence-electron chi connectivity index (χ0n) is 17.2. The van der Waals surface area contributed by atoms with Gasteiger partial charge >= 0.3 is 0 Å². The largest absolute Gasteiger partial charge is 0.493 e. The third-order valence-corrected chi connectivity index (χ3v) is 5.53. The monoisotopic (exact) mass is 435 g/mol. The van der Waals surface area contributed by atoms with Gasteiger partial charge in [0.1, 0.15) is 0 Å². The second-order valence-corrected chi connectivity index (χ2v) is 8.21. The number of rotatable bonds is 9. The van der Waals surface area contributed by atoms with E-state index in [1.807, 2.05) is 6.92 Å². The van der Waals surface area contributed by atoms with E-state index >= 15 is 0 Å². The Kier molecular flexibility index (Phi) is 7.79. The van der Waals surface area contributed by atoms with Crippen molar-refractivity contribution in [2.45, 2.75) is 25.2 Å². The van der Waals surface area contributed by atoms with Crippen molar-refractivity contribution in [3.63, 3.8) is 0 Å². The molecule has 0 bridgehead atoms. The molecule has 162 valence electrons. The van der Waals surface area contributed by atoms with Crippen molar-refractivity contribution >= 4 is 33.2 Å².